The summed E-state index contributed by atoms with van der Waals surface area (Å²) in [5.74, 6) is 1.61. The van der Waals surface area contributed by atoms with Crippen LogP contribution in [0.5, 0.6) is 0 Å². The molecule has 140 valence electrons. The molecule has 0 spiro atoms. The van der Waals surface area contributed by atoms with Gasteiger partial charge in [0.2, 0.25) is 0 Å². The molecule has 1 unspecified atom stereocenters. The monoisotopic (exact) mass is 478 g/mol. The molecule has 2 heterocycles. The standard InChI is InChI=1S/C18H27ClN4O.HI/c1-14-3-4-16(19)11-17(14)22-6-8-23(9-7-22)18(20-2)21-12-15-5-10-24-13-15;/h3-4,11,15H,5-10,12-13H2,1-2H3,(H,20,21);1H. The zero-order valence-electron chi connectivity index (χ0n) is 15.0. The maximum absolute atomic E-state index is 6.16. The Bertz CT molecular complexity index is 584. The van der Waals surface area contributed by atoms with Crippen molar-refractivity contribution in [3.05, 3.63) is 28.8 Å². The highest BCUT2D eigenvalue weighted by Gasteiger charge is 2.22. The van der Waals surface area contributed by atoms with Crippen LogP contribution in [-0.2, 0) is 4.74 Å². The van der Waals surface area contributed by atoms with E-state index in [9.17, 15) is 0 Å². The van der Waals surface area contributed by atoms with E-state index in [1.807, 2.05) is 13.1 Å². The van der Waals surface area contributed by atoms with Crippen molar-refractivity contribution < 1.29 is 4.74 Å². The molecule has 2 aliphatic heterocycles. The summed E-state index contributed by atoms with van der Waals surface area (Å²) in [6.45, 7) is 8.74. The molecule has 1 aromatic rings. The maximum Gasteiger partial charge on any atom is 0.193 e. The molecule has 1 N–H and O–H groups in total. The van der Waals surface area contributed by atoms with Gasteiger partial charge in [0.1, 0.15) is 0 Å². The summed E-state index contributed by atoms with van der Waals surface area (Å²) in [6.07, 6.45) is 1.14. The van der Waals surface area contributed by atoms with Crippen molar-refractivity contribution in [1.82, 2.24) is 10.2 Å². The van der Waals surface area contributed by atoms with Gasteiger partial charge in [-0.05, 0) is 31.0 Å². The molecule has 1 aromatic carbocycles. The number of nitrogens with zero attached hydrogens (tertiary/aromatic N) is 3. The van der Waals surface area contributed by atoms with E-state index in [4.69, 9.17) is 16.3 Å². The molecule has 0 aliphatic carbocycles. The van der Waals surface area contributed by atoms with Crippen molar-refractivity contribution in [2.45, 2.75) is 13.3 Å². The summed E-state index contributed by atoms with van der Waals surface area (Å²) in [7, 11) is 1.86. The summed E-state index contributed by atoms with van der Waals surface area (Å²) >= 11 is 6.16. The molecule has 1 atom stereocenters. The lowest BCUT2D eigenvalue weighted by Crippen LogP contribution is -2.53. The van der Waals surface area contributed by atoms with Gasteiger partial charge in [-0.25, -0.2) is 0 Å². The minimum absolute atomic E-state index is 0. The lowest BCUT2D eigenvalue weighted by molar-refractivity contribution is 0.186. The Hall–Kier alpha value is -0.730. The molecular formula is C18H28ClIN4O. The van der Waals surface area contributed by atoms with E-state index in [0.717, 1.165) is 63.3 Å². The Balaban J connectivity index is 0.00000225. The van der Waals surface area contributed by atoms with Crippen LogP contribution in [0.1, 0.15) is 12.0 Å². The van der Waals surface area contributed by atoms with E-state index in [-0.39, 0.29) is 24.0 Å². The SMILES string of the molecule is CN=C(NCC1CCOC1)N1CCN(c2cc(Cl)ccc2C)CC1.I. The zero-order chi connectivity index (χ0) is 16.9. The van der Waals surface area contributed by atoms with Crippen molar-refractivity contribution in [2.75, 3.05) is 57.9 Å². The van der Waals surface area contributed by atoms with Crippen molar-refractivity contribution in [3.63, 3.8) is 0 Å². The summed E-state index contributed by atoms with van der Waals surface area (Å²) in [6, 6.07) is 6.11. The number of piperazine rings is 1. The third kappa shape index (κ3) is 5.37. The van der Waals surface area contributed by atoms with E-state index in [2.05, 4.69) is 39.2 Å². The van der Waals surface area contributed by atoms with Crippen molar-refractivity contribution in [2.24, 2.45) is 10.9 Å². The molecule has 7 heteroatoms. The smallest absolute Gasteiger partial charge is 0.193 e. The van der Waals surface area contributed by atoms with Gasteiger partial charge < -0.3 is 19.9 Å². The fraction of sp³-hybridized carbons (Fsp3) is 0.611. The number of benzene rings is 1. The van der Waals surface area contributed by atoms with Gasteiger partial charge in [-0.3, -0.25) is 4.99 Å². The first-order chi connectivity index (χ1) is 11.7. The summed E-state index contributed by atoms with van der Waals surface area (Å²) < 4.78 is 5.44. The molecule has 0 saturated carbocycles. The Morgan fingerprint density at radius 2 is 2.08 bits per heavy atom. The highest BCUT2D eigenvalue weighted by atomic mass is 127. The Morgan fingerprint density at radius 3 is 2.72 bits per heavy atom. The number of guanidine groups is 1. The van der Waals surface area contributed by atoms with Crippen LogP contribution in [0.2, 0.25) is 5.02 Å². The van der Waals surface area contributed by atoms with Crippen molar-refractivity contribution in [3.8, 4) is 0 Å². The number of hydrogen-bond acceptors (Lipinski definition) is 3. The van der Waals surface area contributed by atoms with Crippen LogP contribution in [0, 0.1) is 12.8 Å². The maximum atomic E-state index is 6.16. The van der Waals surface area contributed by atoms with Gasteiger partial charge in [-0.1, -0.05) is 17.7 Å². The van der Waals surface area contributed by atoms with E-state index in [1.54, 1.807) is 0 Å². The number of halogens is 2. The van der Waals surface area contributed by atoms with Crippen molar-refractivity contribution >= 4 is 47.2 Å². The Labute approximate surface area is 172 Å². The molecule has 0 aromatic heterocycles. The third-order valence-corrected chi connectivity index (χ3v) is 5.11. The molecule has 0 amide bonds. The Morgan fingerprint density at radius 1 is 1.32 bits per heavy atom. The van der Waals surface area contributed by atoms with Crippen molar-refractivity contribution in [1.29, 1.82) is 0 Å². The van der Waals surface area contributed by atoms with Gasteiger partial charge in [-0.15, -0.1) is 24.0 Å². The molecular weight excluding hydrogens is 451 g/mol. The van der Waals surface area contributed by atoms with E-state index in [0.29, 0.717) is 5.92 Å². The largest absolute Gasteiger partial charge is 0.381 e. The van der Waals surface area contributed by atoms with Crippen LogP contribution in [0.3, 0.4) is 0 Å². The highest BCUT2D eigenvalue weighted by molar-refractivity contribution is 14.0. The number of anilines is 1. The predicted octanol–water partition coefficient (Wildman–Crippen LogP) is 3.00. The van der Waals surface area contributed by atoms with Crippen LogP contribution >= 0.6 is 35.6 Å². The molecule has 0 radical (unpaired) electrons. The highest BCUT2D eigenvalue weighted by Crippen LogP contribution is 2.25. The number of hydrogen-bond donors (Lipinski definition) is 1. The molecule has 3 rings (SSSR count). The van der Waals surface area contributed by atoms with Gasteiger partial charge in [0.25, 0.3) is 0 Å². The van der Waals surface area contributed by atoms with Crippen LogP contribution in [-0.4, -0.2) is 63.8 Å². The fourth-order valence-corrected chi connectivity index (χ4v) is 3.56. The summed E-state index contributed by atoms with van der Waals surface area (Å²) in [4.78, 5) is 9.21. The normalized spacial score (nSPS) is 21.2. The first-order valence-electron chi connectivity index (χ1n) is 8.72. The van der Waals surface area contributed by atoms with Crippen LogP contribution < -0.4 is 10.2 Å². The molecule has 2 fully saturated rings. The van der Waals surface area contributed by atoms with E-state index in [1.165, 1.54) is 11.3 Å². The first kappa shape index (κ1) is 20.6. The second kappa shape index (κ2) is 9.83. The number of rotatable bonds is 3. The van der Waals surface area contributed by atoms with Gasteiger partial charge >= 0.3 is 0 Å². The summed E-state index contributed by atoms with van der Waals surface area (Å²) in [5, 5.41) is 4.31. The summed E-state index contributed by atoms with van der Waals surface area (Å²) in [5.41, 5.74) is 2.52. The molecule has 2 saturated heterocycles. The molecule has 5 nitrogen and oxygen atoms in total. The zero-order valence-corrected chi connectivity index (χ0v) is 18.1. The average molecular weight is 479 g/mol. The van der Waals surface area contributed by atoms with E-state index >= 15 is 0 Å². The molecule has 2 aliphatic rings. The minimum Gasteiger partial charge on any atom is -0.381 e. The van der Waals surface area contributed by atoms with Crippen LogP contribution in [0.25, 0.3) is 0 Å². The number of nitrogens with one attached hydrogen (secondary N) is 1. The average Bonchev–Trinajstić information content (AvgIpc) is 3.12. The molecule has 25 heavy (non-hydrogen) atoms. The second-order valence-electron chi connectivity index (χ2n) is 6.56. The fourth-order valence-electron chi connectivity index (χ4n) is 3.39. The number of aryl methyl sites for hydroxylation is 1. The van der Waals surface area contributed by atoms with E-state index < -0.39 is 0 Å². The predicted molar refractivity (Wildman–Crippen MR) is 116 cm³/mol. The van der Waals surface area contributed by atoms with Gasteiger partial charge in [0, 0.05) is 63.0 Å². The lowest BCUT2D eigenvalue weighted by atomic mass is 10.1. The third-order valence-electron chi connectivity index (χ3n) is 4.88. The lowest BCUT2D eigenvalue weighted by Gasteiger charge is -2.38. The molecule has 0 bridgehead atoms. The minimum atomic E-state index is 0. The Kier molecular flexibility index (Phi) is 8.09. The topological polar surface area (TPSA) is 40.1 Å². The first-order valence-corrected chi connectivity index (χ1v) is 9.09. The van der Waals surface area contributed by atoms with Crippen LogP contribution in [0.4, 0.5) is 5.69 Å². The second-order valence-corrected chi connectivity index (χ2v) is 7.00. The van der Waals surface area contributed by atoms with Gasteiger partial charge in [0.15, 0.2) is 5.96 Å². The quantitative estimate of drug-likeness (QED) is 0.412. The number of ether oxygens (including phenoxy) is 1. The van der Waals surface area contributed by atoms with Gasteiger partial charge in [-0.2, -0.15) is 0 Å². The number of aliphatic imine (C=N–C) groups is 1. The van der Waals surface area contributed by atoms with Gasteiger partial charge in [0.05, 0.1) is 6.61 Å². The van der Waals surface area contributed by atoms with Crippen LogP contribution in [0.15, 0.2) is 23.2 Å².